The number of aryl methyl sites for hydroxylation is 2. The molecule has 2 aromatic rings. The van der Waals surface area contributed by atoms with Crippen LogP contribution in [0.2, 0.25) is 0 Å². The second kappa shape index (κ2) is 5.29. The minimum Gasteiger partial charge on any atom is -0.321 e. The maximum Gasteiger partial charge on any atom is 0.274 e. The van der Waals surface area contributed by atoms with E-state index in [0.29, 0.717) is 16.1 Å². The summed E-state index contributed by atoms with van der Waals surface area (Å²) in [5.41, 5.74) is 2.24. The van der Waals surface area contributed by atoms with E-state index in [0.717, 1.165) is 19.3 Å². The molecule has 1 aromatic carbocycles. The third-order valence-corrected chi connectivity index (χ3v) is 4.96. The van der Waals surface area contributed by atoms with Crippen molar-refractivity contribution in [1.82, 2.24) is 0 Å². The summed E-state index contributed by atoms with van der Waals surface area (Å²) < 4.78 is 0. The van der Waals surface area contributed by atoms with Gasteiger partial charge in [0.1, 0.15) is 0 Å². The highest BCUT2D eigenvalue weighted by molar-refractivity contribution is 7.14. The predicted octanol–water partition coefficient (Wildman–Crippen LogP) is 3.71. The lowest BCUT2D eigenvalue weighted by molar-refractivity contribution is -0.385. The Labute approximate surface area is 125 Å². The zero-order valence-electron chi connectivity index (χ0n) is 11.5. The fourth-order valence-electron chi connectivity index (χ4n) is 2.58. The number of carbonyl (C=O) groups is 1. The molecule has 0 radical (unpaired) electrons. The molecule has 1 aliphatic rings. The van der Waals surface area contributed by atoms with Gasteiger partial charge in [-0.1, -0.05) is 6.07 Å². The first-order chi connectivity index (χ1) is 10.1. The van der Waals surface area contributed by atoms with Crippen LogP contribution in [-0.2, 0) is 12.8 Å². The Morgan fingerprint density at radius 1 is 1.38 bits per heavy atom. The van der Waals surface area contributed by atoms with Gasteiger partial charge in [0, 0.05) is 10.9 Å². The number of fused-ring (bicyclic) bond motifs is 1. The molecule has 0 saturated heterocycles. The third-order valence-electron chi connectivity index (χ3n) is 3.72. The molecule has 3 rings (SSSR count). The lowest BCUT2D eigenvalue weighted by Gasteiger charge is -2.07. The average molecular weight is 302 g/mol. The Bertz CT molecular complexity index is 715. The van der Waals surface area contributed by atoms with Crippen molar-refractivity contribution >= 4 is 28.6 Å². The van der Waals surface area contributed by atoms with Crippen LogP contribution in [-0.4, -0.2) is 10.8 Å². The summed E-state index contributed by atoms with van der Waals surface area (Å²) in [6.07, 6.45) is 3.24. The maximum atomic E-state index is 12.3. The number of nitro groups is 1. The lowest BCUT2D eigenvalue weighted by atomic mass is 10.1. The molecule has 21 heavy (non-hydrogen) atoms. The number of thiophene rings is 1. The number of benzene rings is 1. The van der Waals surface area contributed by atoms with E-state index in [1.54, 1.807) is 19.1 Å². The Morgan fingerprint density at radius 3 is 2.90 bits per heavy atom. The van der Waals surface area contributed by atoms with Crippen LogP contribution in [0.25, 0.3) is 0 Å². The van der Waals surface area contributed by atoms with Crippen molar-refractivity contribution in [3.63, 3.8) is 0 Å². The van der Waals surface area contributed by atoms with Crippen LogP contribution in [0.3, 0.4) is 0 Å². The molecule has 5 nitrogen and oxygen atoms in total. The molecule has 0 atom stereocenters. The molecular formula is C15H14N2O3S. The highest BCUT2D eigenvalue weighted by Crippen LogP contribution is 2.31. The van der Waals surface area contributed by atoms with Crippen LogP contribution in [0.1, 0.15) is 32.1 Å². The molecule has 1 aliphatic carbocycles. The number of rotatable bonds is 3. The van der Waals surface area contributed by atoms with E-state index in [-0.39, 0.29) is 11.6 Å². The van der Waals surface area contributed by atoms with Crippen molar-refractivity contribution in [1.29, 1.82) is 0 Å². The Kier molecular flexibility index (Phi) is 3.47. The van der Waals surface area contributed by atoms with Crippen molar-refractivity contribution in [2.24, 2.45) is 0 Å². The molecule has 0 spiro atoms. The van der Waals surface area contributed by atoms with Crippen LogP contribution in [0.4, 0.5) is 11.4 Å². The van der Waals surface area contributed by atoms with Gasteiger partial charge < -0.3 is 5.32 Å². The highest BCUT2D eigenvalue weighted by Gasteiger charge is 2.20. The summed E-state index contributed by atoms with van der Waals surface area (Å²) in [5, 5.41) is 13.7. The molecule has 1 N–H and O–H groups in total. The number of nitrogens with zero attached hydrogens (tertiary/aromatic N) is 1. The number of nitro benzene ring substituents is 1. The molecule has 0 saturated carbocycles. The van der Waals surface area contributed by atoms with Gasteiger partial charge in [-0.3, -0.25) is 14.9 Å². The minimum absolute atomic E-state index is 0.0153. The van der Waals surface area contributed by atoms with Gasteiger partial charge >= 0.3 is 0 Å². The average Bonchev–Trinajstić information content (AvgIpc) is 3.01. The Morgan fingerprint density at radius 2 is 2.19 bits per heavy atom. The normalized spacial score (nSPS) is 13.0. The monoisotopic (exact) mass is 302 g/mol. The van der Waals surface area contributed by atoms with Gasteiger partial charge in [0.25, 0.3) is 11.6 Å². The van der Waals surface area contributed by atoms with Gasteiger partial charge in [0.05, 0.1) is 21.1 Å². The van der Waals surface area contributed by atoms with Crippen molar-refractivity contribution in [3.05, 3.63) is 55.3 Å². The van der Waals surface area contributed by atoms with Gasteiger partial charge in [-0.2, -0.15) is 0 Å². The van der Waals surface area contributed by atoms with E-state index in [4.69, 9.17) is 0 Å². The van der Waals surface area contributed by atoms with Gasteiger partial charge in [-0.15, -0.1) is 11.3 Å². The fraction of sp³-hybridized carbons (Fsp3) is 0.267. The van der Waals surface area contributed by atoms with Gasteiger partial charge in [0.2, 0.25) is 0 Å². The number of hydrogen-bond acceptors (Lipinski definition) is 4. The summed E-state index contributed by atoms with van der Waals surface area (Å²) >= 11 is 1.52. The molecule has 0 fully saturated rings. The summed E-state index contributed by atoms with van der Waals surface area (Å²) in [4.78, 5) is 24.7. The Balaban J connectivity index is 1.84. The first-order valence-corrected chi connectivity index (χ1v) is 7.55. The zero-order chi connectivity index (χ0) is 15.0. The summed E-state index contributed by atoms with van der Waals surface area (Å²) in [7, 11) is 0. The van der Waals surface area contributed by atoms with Gasteiger partial charge in [0.15, 0.2) is 0 Å². The second-order valence-electron chi connectivity index (χ2n) is 5.07. The fourth-order valence-corrected chi connectivity index (χ4v) is 3.73. The summed E-state index contributed by atoms with van der Waals surface area (Å²) in [6, 6.07) is 6.64. The van der Waals surface area contributed by atoms with Gasteiger partial charge in [-0.25, -0.2) is 0 Å². The minimum atomic E-state index is -0.440. The molecule has 1 heterocycles. The summed E-state index contributed by atoms with van der Waals surface area (Å²) in [6.45, 7) is 1.64. The molecule has 1 aromatic heterocycles. The topological polar surface area (TPSA) is 72.2 Å². The van der Waals surface area contributed by atoms with Crippen molar-refractivity contribution in [3.8, 4) is 0 Å². The molecule has 1 amide bonds. The molecule has 6 heteroatoms. The lowest BCUT2D eigenvalue weighted by Crippen LogP contribution is -2.11. The first kappa shape index (κ1) is 13.8. The van der Waals surface area contributed by atoms with E-state index >= 15 is 0 Å². The molecule has 0 bridgehead atoms. The second-order valence-corrected chi connectivity index (χ2v) is 6.21. The molecule has 0 aliphatic heterocycles. The third kappa shape index (κ3) is 2.54. The van der Waals surface area contributed by atoms with Crippen LogP contribution < -0.4 is 5.32 Å². The van der Waals surface area contributed by atoms with E-state index in [9.17, 15) is 14.9 Å². The van der Waals surface area contributed by atoms with E-state index in [1.165, 1.54) is 27.8 Å². The largest absolute Gasteiger partial charge is 0.321 e. The van der Waals surface area contributed by atoms with Crippen molar-refractivity contribution < 1.29 is 9.72 Å². The van der Waals surface area contributed by atoms with Crippen LogP contribution >= 0.6 is 11.3 Å². The number of hydrogen-bond donors (Lipinski definition) is 1. The quantitative estimate of drug-likeness (QED) is 0.694. The molecule has 108 valence electrons. The first-order valence-electron chi connectivity index (χ1n) is 6.73. The standard InChI is InChI=1S/C15H14N2O3S/c1-9-11(5-3-6-12(9)17(19)20)16-15(18)14-8-10-4-2-7-13(10)21-14/h3,5-6,8H,2,4,7H2,1H3,(H,16,18). The van der Waals surface area contributed by atoms with Crippen LogP contribution in [0.15, 0.2) is 24.3 Å². The van der Waals surface area contributed by atoms with E-state index < -0.39 is 4.92 Å². The number of anilines is 1. The summed E-state index contributed by atoms with van der Waals surface area (Å²) in [5.74, 6) is -0.196. The van der Waals surface area contributed by atoms with Crippen LogP contribution in [0.5, 0.6) is 0 Å². The number of amides is 1. The smallest absolute Gasteiger partial charge is 0.274 e. The SMILES string of the molecule is Cc1c(NC(=O)c2cc3c(s2)CCC3)cccc1[N+](=O)[O-]. The zero-order valence-corrected chi connectivity index (χ0v) is 12.3. The number of nitrogens with one attached hydrogen (secondary N) is 1. The van der Waals surface area contributed by atoms with E-state index in [1.807, 2.05) is 6.07 Å². The van der Waals surface area contributed by atoms with Crippen molar-refractivity contribution in [2.45, 2.75) is 26.2 Å². The highest BCUT2D eigenvalue weighted by atomic mass is 32.1. The van der Waals surface area contributed by atoms with E-state index in [2.05, 4.69) is 5.32 Å². The maximum absolute atomic E-state index is 12.3. The molecule has 0 unspecified atom stereocenters. The van der Waals surface area contributed by atoms with Gasteiger partial charge in [-0.05, 0) is 43.9 Å². The predicted molar refractivity (Wildman–Crippen MR) is 82.1 cm³/mol. The molecular weight excluding hydrogens is 288 g/mol. The Hall–Kier alpha value is -2.21. The van der Waals surface area contributed by atoms with Crippen molar-refractivity contribution in [2.75, 3.05) is 5.32 Å². The van der Waals surface area contributed by atoms with Crippen LogP contribution in [0, 0.1) is 17.0 Å². The number of carbonyl (C=O) groups excluding carboxylic acids is 1.